The average Bonchev–Trinajstić information content (AvgIpc) is 2.67. The predicted molar refractivity (Wildman–Crippen MR) is 94.1 cm³/mol. The summed E-state index contributed by atoms with van der Waals surface area (Å²) in [6.45, 7) is 0.443. The largest absolute Gasteiger partial charge is 0.368 e. The topological polar surface area (TPSA) is 93.8 Å². The van der Waals surface area contributed by atoms with Crippen molar-refractivity contribution in [2.75, 3.05) is 0 Å². The minimum atomic E-state index is -1.13. The van der Waals surface area contributed by atoms with Gasteiger partial charge in [0.15, 0.2) is 0 Å². The second kappa shape index (κ2) is 7.63. The molecule has 0 radical (unpaired) electrons. The van der Waals surface area contributed by atoms with Gasteiger partial charge in [0.2, 0.25) is 5.91 Å². The molecule has 6 heteroatoms. The Morgan fingerprint density at radius 1 is 0.960 bits per heavy atom. The molecule has 0 fully saturated rings. The molecule has 0 saturated carbocycles. The van der Waals surface area contributed by atoms with Crippen molar-refractivity contribution < 1.29 is 4.79 Å². The zero-order valence-corrected chi connectivity index (χ0v) is 13.7. The lowest BCUT2D eigenvalue weighted by molar-refractivity contribution is -0.125. The highest BCUT2D eigenvalue weighted by Crippen LogP contribution is 2.25. The average molecular weight is 333 g/mol. The molecule has 1 atom stereocenters. The number of nitrogens with one attached hydrogen (secondary N) is 1. The van der Waals surface area contributed by atoms with E-state index in [1.54, 1.807) is 31.0 Å². The van der Waals surface area contributed by atoms with E-state index in [-0.39, 0.29) is 0 Å². The van der Waals surface area contributed by atoms with Crippen LogP contribution in [0.3, 0.4) is 0 Å². The van der Waals surface area contributed by atoms with Gasteiger partial charge in [-0.3, -0.25) is 25.1 Å². The second-order valence-electron chi connectivity index (χ2n) is 5.73. The minimum Gasteiger partial charge on any atom is -0.368 e. The van der Waals surface area contributed by atoms with Gasteiger partial charge < -0.3 is 5.73 Å². The maximum Gasteiger partial charge on any atom is 0.244 e. The highest BCUT2D eigenvalue weighted by atomic mass is 16.1. The lowest BCUT2D eigenvalue weighted by atomic mass is 9.86. The van der Waals surface area contributed by atoms with Crippen molar-refractivity contribution in [3.8, 4) is 0 Å². The van der Waals surface area contributed by atoms with Gasteiger partial charge in [-0.1, -0.05) is 12.1 Å². The molecule has 3 aromatic rings. The fraction of sp³-hybridized carbons (Fsp3) is 0.158. The summed E-state index contributed by atoms with van der Waals surface area (Å²) in [6.07, 6.45) is 8.89. The van der Waals surface area contributed by atoms with Crippen LogP contribution >= 0.6 is 0 Å². The lowest BCUT2D eigenvalue weighted by Gasteiger charge is -2.31. The number of carbonyl (C=O) groups is 1. The van der Waals surface area contributed by atoms with E-state index in [1.165, 1.54) is 0 Å². The first-order valence-corrected chi connectivity index (χ1v) is 7.95. The molecule has 1 amide bonds. The van der Waals surface area contributed by atoms with Crippen LogP contribution in [0.15, 0.2) is 73.4 Å². The first-order valence-electron chi connectivity index (χ1n) is 7.95. The first kappa shape index (κ1) is 16.7. The van der Waals surface area contributed by atoms with E-state index in [1.807, 2.05) is 42.5 Å². The molecule has 0 aliphatic heterocycles. The van der Waals surface area contributed by atoms with Crippen LogP contribution in [0.2, 0.25) is 0 Å². The molecule has 3 heterocycles. The summed E-state index contributed by atoms with van der Waals surface area (Å²) in [4.78, 5) is 25.1. The normalized spacial score (nSPS) is 13.1. The van der Waals surface area contributed by atoms with Crippen LogP contribution in [0.25, 0.3) is 0 Å². The molecule has 0 spiro atoms. The van der Waals surface area contributed by atoms with Crippen molar-refractivity contribution in [3.05, 3.63) is 90.3 Å². The Hall–Kier alpha value is -3.12. The Morgan fingerprint density at radius 3 is 2.44 bits per heavy atom. The molecule has 0 saturated heterocycles. The van der Waals surface area contributed by atoms with Gasteiger partial charge in [0.1, 0.15) is 5.54 Å². The number of rotatable bonds is 7. The van der Waals surface area contributed by atoms with E-state index >= 15 is 0 Å². The molecule has 0 bridgehead atoms. The molecule has 6 nitrogen and oxygen atoms in total. The molecule has 3 rings (SSSR count). The number of hydrogen-bond donors (Lipinski definition) is 2. The summed E-state index contributed by atoms with van der Waals surface area (Å²) in [5.41, 5.74) is 7.20. The Kier molecular flexibility index (Phi) is 5.11. The number of carbonyl (C=O) groups excluding carboxylic acids is 1. The van der Waals surface area contributed by atoms with Crippen LogP contribution in [0.4, 0.5) is 0 Å². The number of primary amides is 1. The van der Waals surface area contributed by atoms with Gasteiger partial charge in [0, 0.05) is 43.9 Å². The van der Waals surface area contributed by atoms with Crippen molar-refractivity contribution in [2.45, 2.75) is 18.5 Å². The molecular weight excluding hydrogens is 314 g/mol. The van der Waals surface area contributed by atoms with Crippen LogP contribution in [0, 0.1) is 0 Å². The van der Waals surface area contributed by atoms with E-state index in [2.05, 4.69) is 20.3 Å². The van der Waals surface area contributed by atoms with Crippen molar-refractivity contribution in [1.29, 1.82) is 0 Å². The van der Waals surface area contributed by atoms with Crippen LogP contribution in [-0.2, 0) is 23.3 Å². The van der Waals surface area contributed by atoms with E-state index in [0.717, 1.165) is 11.1 Å². The van der Waals surface area contributed by atoms with Crippen molar-refractivity contribution >= 4 is 5.91 Å². The summed E-state index contributed by atoms with van der Waals surface area (Å²) in [5.74, 6) is -0.480. The number of hydrogen-bond acceptors (Lipinski definition) is 5. The van der Waals surface area contributed by atoms with Gasteiger partial charge in [-0.2, -0.15) is 0 Å². The second-order valence-corrected chi connectivity index (χ2v) is 5.73. The maximum atomic E-state index is 12.5. The van der Waals surface area contributed by atoms with Gasteiger partial charge in [0.25, 0.3) is 0 Å². The van der Waals surface area contributed by atoms with E-state index < -0.39 is 11.4 Å². The van der Waals surface area contributed by atoms with Gasteiger partial charge in [0.05, 0.1) is 5.69 Å². The molecule has 126 valence electrons. The monoisotopic (exact) mass is 333 g/mol. The van der Waals surface area contributed by atoms with Gasteiger partial charge in [-0.05, 0) is 41.5 Å². The summed E-state index contributed by atoms with van der Waals surface area (Å²) >= 11 is 0. The summed E-state index contributed by atoms with van der Waals surface area (Å²) in [6, 6.07) is 13.0. The molecule has 3 N–H and O–H groups in total. The Labute approximate surface area is 146 Å². The van der Waals surface area contributed by atoms with Gasteiger partial charge in [-0.15, -0.1) is 0 Å². The van der Waals surface area contributed by atoms with E-state index in [9.17, 15) is 4.79 Å². The van der Waals surface area contributed by atoms with Crippen LogP contribution in [0.1, 0.15) is 16.8 Å². The molecule has 0 aliphatic rings. The first-order chi connectivity index (χ1) is 12.2. The fourth-order valence-corrected chi connectivity index (χ4v) is 2.72. The number of nitrogens with two attached hydrogens (primary N) is 1. The molecule has 3 aromatic heterocycles. The maximum absolute atomic E-state index is 12.5. The number of amides is 1. The van der Waals surface area contributed by atoms with Crippen molar-refractivity contribution in [1.82, 2.24) is 20.3 Å². The Balaban J connectivity index is 1.97. The minimum absolute atomic E-state index is 0.377. The number of aromatic nitrogens is 3. The molecule has 0 aromatic carbocycles. The smallest absolute Gasteiger partial charge is 0.244 e. The standard InChI is InChI=1S/C19H19N5O/c20-18(25)19(17-5-1-2-9-23-17,12-15-6-10-21-11-7-15)24-14-16-4-3-8-22-13-16/h1-11,13,24H,12,14H2,(H2,20,25). The third kappa shape index (κ3) is 3.87. The number of pyridine rings is 3. The van der Waals surface area contributed by atoms with Crippen LogP contribution < -0.4 is 11.1 Å². The quantitative estimate of drug-likeness (QED) is 0.685. The summed E-state index contributed by atoms with van der Waals surface area (Å²) in [5, 5.41) is 3.32. The SMILES string of the molecule is NC(=O)C(Cc1ccncc1)(NCc1cccnc1)c1ccccn1. The number of nitrogens with zero attached hydrogens (tertiary/aromatic N) is 3. The van der Waals surface area contributed by atoms with E-state index in [4.69, 9.17) is 5.73 Å². The highest BCUT2D eigenvalue weighted by molar-refractivity contribution is 5.86. The lowest BCUT2D eigenvalue weighted by Crippen LogP contribution is -2.54. The van der Waals surface area contributed by atoms with Crippen LogP contribution in [0.5, 0.6) is 0 Å². The van der Waals surface area contributed by atoms with Crippen molar-refractivity contribution in [2.24, 2.45) is 5.73 Å². The van der Waals surface area contributed by atoms with E-state index in [0.29, 0.717) is 18.7 Å². The Bertz CT molecular complexity index is 811. The summed E-state index contributed by atoms with van der Waals surface area (Å²) in [7, 11) is 0. The third-order valence-electron chi connectivity index (χ3n) is 4.06. The summed E-state index contributed by atoms with van der Waals surface area (Å²) < 4.78 is 0. The molecular formula is C19H19N5O. The predicted octanol–water partition coefficient (Wildman–Crippen LogP) is 1.58. The third-order valence-corrected chi connectivity index (χ3v) is 4.06. The molecule has 25 heavy (non-hydrogen) atoms. The van der Waals surface area contributed by atoms with Crippen LogP contribution in [-0.4, -0.2) is 20.9 Å². The zero-order chi connectivity index (χ0) is 17.5. The highest BCUT2D eigenvalue weighted by Gasteiger charge is 2.39. The fourth-order valence-electron chi connectivity index (χ4n) is 2.72. The van der Waals surface area contributed by atoms with Gasteiger partial charge >= 0.3 is 0 Å². The van der Waals surface area contributed by atoms with Gasteiger partial charge in [-0.25, -0.2) is 0 Å². The molecule has 0 aliphatic carbocycles. The van der Waals surface area contributed by atoms with Crippen molar-refractivity contribution in [3.63, 3.8) is 0 Å². The molecule has 1 unspecified atom stereocenters. The zero-order valence-electron chi connectivity index (χ0n) is 13.7. The Morgan fingerprint density at radius 2 is 1.80 bits per heavy atom.